The van der Waals surface area contributed by atoms with Gasteiger partial charge in [-0.15, -0.1) is 0 Å². The lowest BCUT2D eigenvalue weighted by Gasteiger charge is -2.31. The highest BCUT2D eigenvalue weighted by Gasteiger charge is 2.31. The van der Waals surface area contributed by atoms with Gasteiger partial charge in [-0.25, -0.2) is 4.79 Å². The Morgan fingerprint density at radius 1 is 1.29 bits per heavy atom. The molecule has 0 atom stereocenters. The average molecular weight is 294 g/mol. The van der Waals surface area contributed by atoms with Gasteiger partial charge in [0.2, 0.25) is 0 Å². The second kappa shape index (κ2) is 6.96. The summed E-state index contributed by atoms with van der Waals surface area (Å²) in [6.45, 7) is 7.85. The van der Waals surface area contributed by atoms with Crippen molar-refractivity contribution < 1.29 is 23.9 Å². The first kappa shape index (κ1) is 17.5. The molecule has 0 bridgehead atoms. The Kier molecular flexibility index (Phi) is 5.81. The molecule has 0 saturated heterocycles. The van der Waals surface area contributed by atoms with Crippen molar-refractivity contribution in [3.63, 3.8) is 0 Å². The molecule has 0 fully saturated rings. The summed E-state index contributed by atoms with van der Waals surface area (Å²) in [6, 6.07) is 4.79. The van der Waals surface area contributed by atoms with Crippen LogP contribution in [0.2, 0.25) is 0 Å². The maximum Gasteiger partial charge on any atom is 0.491 e. The molecular formula is C15H23BO5. The number of hydrogen-bond acceptors (Lipinski definition) is 5. The van der Waals surface area contributed by atoms with E-state index in [1.807, 2.05) is 27.7 Å². The Morgan fingerprint density at radius 2 is 1.90 bits per heavy atom. The lowest BCUT2D eigenvalue weighted by atomic mass is 9.76. The third-order valence-electron chi connectivity index (χ3n) is 3.72. The van der Waals surface area contributed by atoms with Crippen LogP contribution in [0.25, 0.3) is 0 Å². The third kappa shape index (κ3) is 4.22. The van der Waals surface area contributed by atoms with E-state index in [1.165, 1.54) is 20.3 Å². The number of methoxy groups -OCH3 is 2. The molecule has 1 N–H and O–H groups in total. The number of ether oxygens (including phenoxy) is 2. The highest BCUT2D eigenvalue weighted by molar-refractivity contribution is 6.60. The fourth-order valence-corrected chi connectivity index (χ4v) is 1.64. The van der Waals surface area contributed by atoms with Crippen molar-refractivity contribution in [2.24, 2.45) is 5.92 Å². The van der Waals surface area contributed by atoms with Crippen LogP contribution in [0, 0.1) is 5.92 Å². The van der Waals surface area contributed by atoms with Gasteiger partial charge in [0, 0.05) is 0 Å². The first-order valence-corrected chi connectivity index (χ1v) is 6.85. The number of esters is 1. The average Bonchev–Trinajstić information content (AvgIpc) is 2.44. The van der Waals surface area contributed by atoms with Crippen molar-refractivity contribution >= 4 is 18.6 Å². The minimum Gasteiger partial charge on any atom is -0.496 e. The molecule has 0 aliphatic rings. The van der Waals surface area contributed by atoms with Crippen LogP contribution in [-0.2, 0) is 9.39 Å². The molecule has 0 amide bonds. The normalized spacial score (nSPS) is 11.4. The van der Waals surface area contributed by atoms with Crippen LogP contribution in [0.3, 0.4) is 0 Å². The predicted octanol–water partition coefficient (Wildman–Crippen LogP) is 1.62. The van der Waals surface area contributed by atoms with E-state index in [2.05, 4.69) is 0 Å². The molecule has 5 nitrogen and oxygen atoms in total. The van der Waals surface area contributed by atoms with E-state index >= 15 is 0 Å². The summed E-state index contributed by atoms with van der Waals surface area (Å²) < 4.78 is 15.5. The molecule has 0 spiro atoms. The molecule has 6 heteroatoms. The molecule has 0 aromatic heterocycles. The maximum atomic E-state index is 11.7. The molecule has 1 rings (SSSR count). The van der Waals surface area contributed by atoms with E-state index in [-0.39, 0.29) is 11.5 Å². The Morgan fingerprint density at radius 3 is 2.38 bits per heavy atom. The van der Waals surface area contributed by atoms with Crippen LogP contribution in [0.15, 0.2) is 18.2 Å². The van der Waals surface area contributed by atoms with Crippen LogP contribution in [0.1, 0.15) is 38.1 Å². The van der Waals surface area contributed by atoms with E-state index < -0.39 is 18.7 Å². The summed E-state index contributed by atoms with van der Waals surface area (Å²) in [7, 11) is 1.64. The minimum absolute atomic E-state index is 0.227. The molecule has 1 aromatic carbocycles. The number of carbonyl (C=O) groups is 1. The number of carbonyl (C=O) groups excluding carboxylic acids is 1. The third-order valence-corrected chi connectivity index (χ3v) is 3.72. The Bertz CT molecular complexity index is 499. The van der Waals surface area contributed by atoms with E-state index in [1.54, 1.807) is 12.1 Å². The Labute approximate surface area is 126 Å². The predicted molar refractivity (Wildman–Crippen MR) is 81.9 cm³/mol. The van der Waals surface area contributed by atoms with Gasteiger partial charge in [-0.05, 0) is 37.4 Å². The first-order chi connectivity index (χ1) is 9.72. The van der Waals surface area contributed by atoms with Gasteiger partial charge in [0.1, 0.15) is 11.3 Å². The van der Waals surface area contributed by atoms with Gasteiger partial charge in [-0.1, -0.05) is 19.9 Å². The molecule has 116 valence electrons. The fraction of sp³-hybridized carbons (Fsp3) is 0.533. The standard InChI is InChI=1S/C15H23BO5/c1-10(2)15(3,4)21-16(18)11-7-8-13(19-5)12(9-11)14(17)20-6/h7-10,18H,1-6H3. The smallest absolute Gasteiger partial charge is 0.491 e. The number of benzene rings is 1. The van der Waals surface area contributed by atoms with Gasteiger partial charge in [0.25, 0.3) is 0 Å². The molecule has 1 aromatic rings. The van der Waals surface area contributed by atoms with Crippen LogP contribution in [0.4, 0.5) is 0 Å². The Balaban J connectivity index is 3.06. The topological polar surface area (TPSA) is 65.0 Å². The Hall–Kier alpha value is -1.53. The van der Waals surface area contributed by atoms with Gasteiger partial charge in [0.15, 0.2) is 0 Å². The molecule has 0 heterocycles. The maximum absolute atomic E-state index is 11.7. The van der Waals surface area contributed by atoms with E-state index in [4.69, 9.17) is 14.1 Å². The van der Waals surface area contributed by atoms with Crippen molar-refractivity contribution in [3.05, 3.63) is 23.8 Å². The van der Waals surface area contributed by atoms with Crippen LogP contribution >= 0.6 is 0 Å². The monoisotopic (exact) mass is 294 g/mol. The first-order valence-electron chi connectivity index (χ1n) is 6.85. The molecule has 0 aliphatic carbocycles. The summed E-state index contributed by atoms with van der Waals surface area (Å²) in [5.41, 5.74) is 0.234. The zero-order chi connectivity index (χ0) is 16.2. The molecule has 0 unspecified atom stereocenters. The van der Waals surface area contributed by atoms with Crippen molar-refractivity contribution in [3.8, 4) is 5.75 Å². The second-order valence-electron chi connectivity index (χ2n) is 5.68. The minimum atomic E-state index is -1.13. The lowest BCUT2D eigenvalue weighted by Crippen LogP contribution is -2.44. The largest absolute Gasteiger partial charge is 0.496 e. The summed E-state index contributed by atoms with van der Waals surface area (Å²) in [6.07, 6.45) is 0. The molecular weight excluding hydrogens is 271 g/mol. The zero-order valence-corrected chi connectivity index (χ0v) is 13.5. The fourth-order valence-electron chi connectivity index (χ4n) is 1.64. The molecule has 0 saturated carbocycles. The highest BCUT2D eigenvalue weighted by Crippen LogP contribution is 2.22. The van der Waals surface area contributed by atoms with Crippen molar-refractivity contribution in [1.82, 2.24) is 0 Å². The summed E-state index contributed by atoms with van der Waals surface area (Å²) in [4.78, 5) is 11.7. The summed E-state index contributed by atoms with van der Waals surface area (Å²) in [5.74, 6) is 0.0930. The van der Waals surface area contributed by atoms with Gasteiger partial charge in [-0.2, -0.15) is 0 Å². The zero-order valence-electron chi connectivity index (χ0n) is 13.5. The van der Waals surface area contributed by atoms with Crippen LogP contribution in [-0.4, -0.2) is 37.9 Å². The van der Waals surface area contributed by atoms with Gasteiger partial charge in [-0.3, -0.25) is 0 Å². The highest BCUT2D eigenvalue weighted by atomic mass is 16.5. The lowest BCUT2D eigenvalue weighted by molar-refractivity contribution is 0.0423. The van der Waals surface area contributed by atoms with Gasteiger partial charge >= 0.3 is 13.1 Å². The second-order valence-corrected chi connectivity index (χ2v) is 5.68. The van der Waals surface area contributed by atoms with Crippen molar-refractivity contribution in [2.45, 2.75) is 33.3 Å². The molecule has 21 heavy (non-hydrogen) atoms. The van der Waals surface area contributed by atoms with E-state index in [0.717, 1.165) is 0 Å². The number of rotatable bonds is 6. The number of hydrogen-bond donors (Lipinski definition) is 1. The van der Waals surface area contributed by atoms with Gasteiger partial charge in [0.05, 0.1) is 19.8 Å². The molecule has 0 radical (unpaired) electrons. The summed E-state index contributed by atoms with van der Waals surface area (Å²) >= 11 is 0. The van der Waals surface area contributed by atoms with Crippen LogP contribution in [0.5, 0.6) is 5.75 Å². The summed E-state index contributed by atoms with van der Waals surface area (Å²) in [5, 5.41) is 10.2. The van der Waals surface area contributed by atoms with Crippen molar-refractivity contribution in [1.29, 1.82) is 0 Å². The SMILES string of the molecule is COC(=O)c1cc(B(O)OC(C)(C)C(C)C)ccc1OC. The van der Waals surface area contributed by atoms with E-state index in [9.17, 15) is 9.82 Å². The molecule has 0 aliphatic heterocycles. The van der Waals surface area contributed by atoms with E-state index in [0.29, 0.717) is 11.2 Å². The van der Waals surface area contributed by atoms with Crippen molar-refractivity contribution in [2.75, 3.05) is 14.2 Å². The quantitative estimate of drug-likeness (QED) is 0.638. The van der Waals surface area contributed by atoms with Gasteiger partial charge < -0.3 is 19.2 Å². The van der Waals surface area contributed by atoms with Crippen LogP contribution < -0.4 is 10.2 Å².